The third kappa shape index (κ3) is 2.98. The monoisotopic (exact) mass is 321 g/mol. The molecule has 1 aliphatic rings. The maximum atomic E-state index is 13.1. The van der Waals surface area contributed by atoms with E-state index in [2.05, 4.69) is 15.9 Å². The molecule has 0 radical (unpaired) electrons. The summed E-state index contributed by atoms with van der Waals surface area (Å²) in [5, 5.41) is 0.559. The Morgan fingerprint density at radius 1 is 1.29 bits per heavy atom. The van der Waals surface area contributed by atoms with Crippen LogP contribution in [-0.2, 0) is 15.2 Å². The molecule has 1 aromatic rings. The van der Waals surface area contributed by atoms with Gasteiger partial charge in [-0.3, -0.25) is 0 Å². The lowest BCUT2D eigenvalue weighted by molar-refractivity contribution is 0.586. The van der Waals surface area contributed by atoms with E-state index in [-0.39, 0.29) is 17.3 Å². The Labute approximate surface area is 109 Å². The summed E-state index contributed by atoms with van der Waals surface area (Å²) in [5.74, 6) is 0.0749. The van der Waals surface area contributed by atoms with Crippen molar-refractivity contribution in [1.82, 2.24) is 0 Å². The molecule has 17 heavy (non-hydrogen) atoms. The minimum atomic E-state index is -2.88. The van der Waals surface area contributed by atoms with E-state index in [1.54, 1.807) is 6.07 Å². The molecule has 0 saturated carbocycles. The van der Waals surface area contributed by atoms with Gasteiger partial charge in [0, 0.05) is 24.1 Å². The second kappa shape index (κ2) is 4.94. The highest BCUT2D eigenvalue weighted by molar-refractivity contribution is 9.08. The molecule has 0 aromatic heterocycles. The topological polar surface area (TPSA) is 37.4 Å². The van der Waals surface area contributed by atoms with Crippen LogP contribution in [0.5, 0.6) is 0 Å². The van der Waals surface area contributed by atoms with Crippen LogP contribution in [0.4, 0.5) is 10.1 Å². The average Bonchev–Trinajstić information content (AvgIpc) is 2.29. The normalized spacial score (nSPS) is 19.3. The minimum Gasteiger partial charge on any atom is -0.369 e. The summed E-state index contributed by atoms with van der Waals surface area (Å²) in [4.78, 5) is 2.00. The maximum Gasteiger partial charge on any atom is 0.153 e. The molecule has 0 aliphatic carbocycles. The van der Waals surface area contributed by atoms with Gasteiger partial charge in [-0.2, -0.15) is 0 Å². The molecule has 0 amide bonds. The van der Waals surface area contributed by atoms with Crippen molar-refractivity contribution < 1.29 is 12.8 Å². The quantitative estimate of drug-likeness (QED) is 0.781. The zero-order chi connectivity index (χ0) is 12.5. The Kier molecular flexibility index (Phi) is 3.73. The molecule has 3 nitrogen and oxygen atoms in total. The number of anilines is 1. The molecule has 1 heterocycles. The fraction of sp³-hybridized carbons (Fsp3) is 0.455. The Hall–Kier alpha value is -0.620. The van der Waals surface area contributed by atoms with Gasteiger partial charge in [-0.25, -0.2) is 12.8 Å². The smallest absolute Gasteiger partial charge is 0.153 e. The van der Waals surface area contributed by atoms with E-state index in [0.717, 1.165) is 11.3 Å². The molecular formula is C11H13BrFNO2S. The molecule has 1 aliphatic heterocycles. The summed E-state index contributed by atoms with van der Waals surface area (Å²) in [7, 11) is -2.88. The number of hydrogen-bond acceptors (Lipinski definition) is 3. The van der Waals surface area contributed by atoms with Crippen molar-refractivity contribution >= 4 is 31.5 Å². The Balaban J connectivity index is 2.24. The van der Waals surface area contributed by atoms with Crippen molar-refractivity contribution in [2.24, 2.45) is 0 Å². The molecule has 6 heteroatoms. The van der Waals surface area contributed by atoms with Gasteiger partial charge in [-0.15, -0.1) is 0 Å². The molecular weight excluding hydrogens is 309 g/mol. The second-order valence-corrected chi connectivity index (χ2v) is 6.91. The summed E-state index contributed by atoms with van der Waals surface area (Å²) in [6.45, 7) is 0.960. The van der Waals surface area contributed by atoms with Gasteiger partial charge in [0.2, 0.25) is 0 Å². The minimum absolute atomic E-state index is 0.173. The summed E-state index contributed by atoms with van der Waals surface area (Å²) < 4.78 is 35.8. The van der Waals surface area contributed by atoms with Crippen LogP contribution in [0.1, 0.15) is 5.56 Å². The van der Waals surface area contributed by atoms with Crippen molar-refractivity contribution in [3.8, 4) is 0 Å². The largest absolute Gasteiger partial charge is 0.369 e. The van der Waals surface area contributed by atoms with Crippen molar-refractivity contribution in [3.63, 3.8) is 0 Å². The number of sulfone groups is 1. The highest BCUT2D eigenvalue weighted by Gasteiger charge is 2.23. The predicted molar refractivity (Wildman–Crippen MR) is 69.9 cm³/mol. The van der Waals surface area contributed by atoms with Crippen molar-refractivity contribution in [1.29, 1.82) is 0 Å². The summed E-state index contributed by atoms with van der Waals surface area (Å²) in [5.41, 5.74) is 1.77. The molecule has 1 aromatic carbocycles. The molecule has 0 unspecified atom stereocenters. The standard InChI is InChI=1S/C11H13BrFNO2S/c12-8-9-7-10(13)1-2-11(9)14-3-5-17(15,16)6-4-14/h1-2,7H,3-6,8H2. The number of halogens is 2. The average molecular weight is 322 g/mol. The van der Waals surface area contributed by atoms with Gasteiger partial charge in [-0.1, -0.05) is 15.9 Å². The van der Waals surface area contributed by atoms with Crippen LogP contribution in [0, 0.1) is 5.82 Å². The third-order valence-corrected chi connectivity index (χ3v) is 5.08. The van der Waals surface area contributed by atoms with Gasteiger partial charge in [-0.05, 0) is 23.8 Å². The fourth-order valence-electron chi connectivity index (χ4n) is 1.92. The number of hydrogen-bond donors (Lipinski definition) is 0. The van der Waals surface area contributed by atoms with E-state index in [1.807, 2.05) is 4.90 Å². The first-order valence-electron chi connectivity index (χ1n) is 5.31. The number of nitrogens with zero attached hydrogens (tertiary/aromatic N) is 1. The number of rotatable bonds is 2. The van der Waals surface area contributed by atoms with E-state index in [9.17, 15) is 12.8 Å². The van der Waals surface area contributed by atoms with E-state index >= 15 is 0 Å². The SMILES string of the molecule is O=S1(=O)CCN(c2ccc(F)cc2CBr)CC1. The van der Waals surface area contributed by atoms with Gasteiger partial charge in [0.15, 0.2) is 9.84 Å². The van der Waals surface area contributed by atoms with Crippen LogP contribution in [-0.4, -0.2) is 33.0 Å². The van der Waals surface area contributed by atoms with E-state index in [4.69, 9.17) is 0 Å². The number of alkyl halides is 1. The fourth-order valence-corrected chi connectivity index (χ4v) is 3.57. The summed E-state index contributed by atoms with van der Waals surface area (Å²) in [6, 6.07) is 4.60. The molecule has 0 N–H and O–H groups in total. The Morgan fingerprint density at radius 2 is 1.94 bits per heavy atom. The van der Waals surface area contributed by atoms with E-state index < -0.39 is 9.84 Å². The maximum absolute atomic E-state index is 13.1. The lowest BCUT2D eigenvalue weighted by Crippen LogP contribution is -2.40. The highest BCUT2D eigenvalue weighted by Crippen LogP contribution is 2.25. The summed E-state index contributed by atoms with van der Waals surface area (Å²) >= 11 is 3.32. The molecule has 1 saturated heterocycles. The van der Waals surface area contributed by atoms with Gasteiger partial charge in [0.25, 0.3) is 0 Å². The van der Waals surface area contributed by atoms with Crippen molar-refractivity contribution in [3.05, 3.63) is 29.6 Å². The van der Waals surface area contributed by atoms with Gasteiger partial charge >= 0.3 is 0 Å². The van der Waals surface area contributed by atoms with Gasteiger partial charge < -0.3 is 4.90 Å². The zero-order valence-corrected chi connectivity index (χ0v) is 11.6. The van der Waals surface area contributed by atoms with Crippen LogP contribution in [0.2, 0.25) is 0 Å². The molecule has 94 valence electrons. The zero-order valence-electron chi connectivity index (χ0n) is 9.20. The first kappa shape index (κ1) is 12.8. The lowest BCUT2D eigenvalue weighted by atomic mass is 10.1. The predicted octanol–water partition coefficient (Wildman–Crippen LogP) is 1.96. The second-order valence-electron chi connectivity index (χ2n) is 4.05. The molecule has 0 atom stereocenters. The Bertz CT molecular complexity index is 504. The van der Waals surface area contributed by atoms with E-state index in [0.29, 0.717) is 18.4 Å². The van der Waals surface area contributed by atoms with Crippen LogP contribution in [0.25, 0.3) is 0 Å². The van der Waals surface area contributed by atoms with Crippen LogP contribution >= 0.6 is 15.9 Å². The Morgan fingerprint density at radius 3 is 2.53 bits per heavy atom. The first-order valence-corrected chi connectivity index (χ1v) is 8.26. The summed E-state index contributed by atoms with van der Waals surface area (Å²) in [6.07, 6.45) is 0. The third-order valence-electron chi connectivity index (χ3n) is 2.87. The van der Waals surface area contributed by atoms with E-state index in [1.165, 1.54) is 12.1 Å². The molecule has 0 spiro atoms. The molecule has 1 fully saturated rings. The van der Waals surface area contributed by atoms with Crippen LogP contribution in [0.15, 0.2) is 18.2 Å². The highest BCUT2D eigenvalue weighted by atomic mass is 79.9. The lowest BCUT2D eigenvalue weighted by Gasteiger charge is -2.30. The van der Waals surface area contributed by atoms with Gasteiger partial charge in [0.1, 0.15) is 5.82 Å². The van der Waals surface area contributed by atoms with Crippen LogP contribution in [0.3, 0.4) is 0 Å². The number of benzene rings is 1. The van der Waals surface area contributed by atoms with Crippen molar-refractivity contribution in [2.75, 3.05) is 29.5 Å². The van der Waals surface area contributed by atoms with Crippen LogP contribution < -0.4 is 4.90 Å². The van der Waals surface area contributed by atoms with Crippen molar-refractivity contribution in [2.45, 2.75) is 5.33 Å². The molecule has 2 rings (SSSR count). The first-order chi connectivity index (χ1) is 8.02. The molecule has 0 bridgehead atoms. The van der Waals surface area contributed by atoms with Gasteiger partial charge in [0.05, 0.1) is 11.5 Å².